The minimum absolute atomic E-state index is 0.0798. The van der Waals surface area contributed by atoms with Crippen LogP contribution in [0, 0.1) is 0 Å². The number of hydrogen-bond donors (Lipinski definition) is 2. The van der Waals surface area contributed by atoms with Crippen molar-refractivity contribution < 1.29 is 14.6 Å². The van der Waals surface area contributed by atoms with E-state index in [-0.39, 0.29) is 12.0 Å². The van der Waals surface area contributed by atoms with Gasteiger partial charge in [0.15, 0.2) is 0 Å². The number of aliphatic hydroxyl groups is 1. The van der Waals surface area contributed by atoms with Crippen LogP contribution in [-0.4, -0.2) is 51.7 Å². The molecule has 0 aliphatic carbocycles. The van der Waals surface area contributed by atoms with E-state index < -0.39 is 0 Å². The second kappa shape index (κ2) is 7.94. The van der Waals surface area contributed by atoms with Crippen LogP contribution in [0.3, 0.4) is 0 Å². The zero-order valence-corrected chi connectivity index (χ0v) is 14.2. The molecule has 2 heterocycles. The molecular formula is C18H22N4O3. The third kappa shape index (κ3) is 4.24. The summed E-state index contributed by atoms with van der Waals surface area (Å²) < 4.78 is 5.71. The standard InChI is InChI=1S/C18H22N4O3/c1-2-15(23)5-6-22-7-8-25-17-4-3-13(9-16(17)18(22)24)21-14-10-19-12-20-11-14/h3-4,9-12,15,21,23H,2,5-8H2,1H3/t15-/m1/s1. The van der Waals surface area contributed by atoms with Crippen molar-refractivity contribution in [3.05, 3.63) is 42.5 Å². The molecule has 0 saturated carbocycles. The average molecular weight is 342 g/mol. The van der Waals surface area contributed by atoms with Crippen molar-refractivity contribution in [1.82, 2.24) is 14.9 Å². The van der Waals surface area contributed by atoms with Gasteiger partial charge in [-0.15, -0.1) is 0 Å². The normalized spacial score (nSPS) is 15.1. The molecule has 3 rings (SSSR count). The van der Waals surface area contributed by atoms with Gasteiger partial charge in [-0.25, -0.2) is 9.97 Å². The van der Waals surface area contributed by atoms with Gasteiger partial charge in [0.1, 0.15) is 18.7 Å². The SMILES string of the molecule is CC[C@@H](O)CCN1CCOc2ccc(Nc3cncnc3)cc2C1=O. The molecule has 1 aliphatic rings. The zero-order chi connectivity index (χ0) is 17.6. The fourth-order valence-corrected chi connectivity index (χ4v) is 2.69. The van der Waals surface area contributed by atoms with E-state index in [0.717, 1.165) is 11.4 Å². The third-order valence-electron chi connectivity index (χ3n) is 4.17. The Kier molecular flexibility index (Phi) is 5.45. The highest BCUT2D eigenvalue weighted by atomic mass is 16.5. The van der Waals surface area contributed by atoms with E-state index in [1.54, 1.807) is 29.4 Å². The molecule has 25 heavy (non-hydrogen) atoms. The molecule has 0 unspecified atom stereocenters. The smallest absolute Gasteiger partial charge is 0.257 e. The molecule has 132 valence electrons. The third-order valence-corrected chi connectivity index (χ3v) is 4.17. The number of anilines is 2. The molecule has 7 nitrogen and oxygen atoms in total. The van der Waals surface area contributed by atoms with Gasteiger partial charge in [-0.2, -0.15) is 0 Å². The number of aliphatic hydroxyl groups excluding tert-OH is 1. The summed E-state index contributed by atoms with van der Waals surface area (Å²) in [5, 5.41) is 12.9. The topological polar surface area (TPSA) is 87.6 Å². The molecule has 1 aromatic heterocycles. The summed E-state index contributed by atoms with van der Waals surface area (Å²) in [5.41, 5.74) is 2.03. The minimum Gasteiger partial charge on any atom is -0.491 e. The van der Waals surface area contributed by atoms with E-state index in [1.807, 2.05) is 13.0 Å². The van der Waals surface area contributed by atoms with Gasteiger partial charge in [0.25, 0.3) is 5.91 Å². The van der Waals surface area contributed by atoms with E-state index in [0.29, 0.717) is 43.9 Å². The van der Waals surface area contributed by atoms with Crippen LogP contribution in [0.5, 0.6) is 5.75 Å². The van der Waals surface area contributed by atoms with Crippen molar-refractivity contribution in [2.24, 2.45) is 0 Å². The number of aromatic nitrogens is 2. The van der Waals surface area contributed by atoms with E-state index in [2.05, 4.69) is 15.3 Å². The molecule has 1 amide bonds. The number of nitrogens with zero attached hydrogens (tertiary/aromatic N) is 3. The van der Waals surface area contributed by atoms with Crippen LogP contribution in [0.15, 0.2) is 36.9 Å². The molecular weight excluding hydrogens is 320 g/mol. The van der Waals surface area contributed by atoms with Gasteiger partial charge in [0, 0.05) is 12.2 Å². The zero-order valence-electron chi connectivity index (χ0n) is 14.2. The Labute approximate surface area is 146 Å². The maximum atomic E-state index is 12.9. The quantitative estimate of drug-likeness (QED) is 0.837. The Morgan fingerprint density at radius 3 is 2.88 bits per heavy atom. The maximum absolute atomic E-state index is 12.9. The number of ether oxygens (including phenoxy) is 1. The van der Waals surface area contributed by atoms with E-state index >= 15 is 0 Å². The van der Waals surface area contributed by atoms with Crippen molar-refractivity contribution in [3.63, 3.8) is 0 Å². The lowest BCUT2D eigenvalue weighted by Gasteiger charge is -2.21. The lowest BCUT2D eigenvalue weighted by molar-refractivity contribution is 0.0713. The molecule has 0 spiro atoms. The van der Waals surface area contributed by atoms with Gasteiger partial charge in [0.05, 0.1) is 36.3 Å². The van der Waals surface area contributed by atoms with Crippen LogP contribution in [0.4, 0.5) is 11.4 Å². The Balaban J connectivity index is 1.78. The Bertz CT molecular complexity index is 724. The highest BCUT2D eigenvalue weighted by Gasteiger charge is 2.24. The molecule has 0 bridgehead atoms. The summed E-state index contributed by atoms with van der Waals surface area (Å²) in [6.07, 6.45) is 5.65. The van der Waals surface area contributed by atoms with Crippen molar-refractivity contribution in [3.8, 4) is 5.75 Å². The second-order valence-corrected chi connectivity index (χ2v) is 5.95. The van der Waals surface area contributed by atoms with E-state index in [4.69, 9.17) is 4.74 Å². The number of nitrogens with one attached hydrogen (secondary N) is 1. The summed E-state index contributed by atoms with van der Waals surface area (Å²) in [6, 6.07) is 5.43. The predicted molar refractivity (Wildman–Crippen MR) is 94.1 cm³/mol. The highest BCUT2D eigenvalue weighted by molar-refractivity contribution is 5.98. The van der Waals surface area contributed by atoms with Gasteiger partial charge < -0.3 is 20.1 Å². The molecule has 7 heteroatoms. The first-order chi connectivity index (χ1) is 12.2. The maximum Gasteiger partial charge on any atom is 0.257 e. The second-order valence-electron chi connectivity index (χ2n) is 5.95. The van der Waals surface area contributed by atoms with E-state index in [1.165, 1.54) is 6.33 Å². The first kappa shape index (κ1) is 17.2. The fourth-order valence-electron chi connectivity index (χ4n) is 2.69. The average Bonchev–Trinajstić information content (AvgIpc) is 2.80. The van der Waals surface area contributed by atoms with Gasteiger partial charge >= 0.3 is 0 Å². The monoisotopic (exact) mass is 342 g/mol. The van der Waals surface area contributed by atoms with Crippen molar-refractivity contribution in [2.45, 2.75) is 25.9 Å². The number of carbonyl (C=O) groups excluding carboxylic acids is 1. The van der Waals surface area contributed by atoms with Crippen molar-refractivity contribution >= 4 is 17.3 Å². The Morgan fingerprint density at radius 1 is 1.32 bits per heavy atom. The highest BCUT2D eigenvalue weighted by Crippen LogP contribution is 2.28. The van der Waals surface area contributed by atoms with Gasteiger partial charge in [-0.05, 0) is 31.0 Å². The van der Waals surface area contributed by atoms with Gasteiger partial charge in [-0.1, -0.05) is 6.92 Å². The first-order valence-electron chi connectivity index (χ1n) is 8.43. The predicted octanol–water partition coefficient (Wildman–Crippen LogP) is 2.22. The summed E-state index contributed by atoms with van der Waals surface area (Å²) in [4.78, 5) is 22.5. The van der Waals surface area contributed by atoms with Crippen LogP contribution in [0.1, 0.15) is 30.1 Å². The molecule has 0 saturated heterocycles. The lowest BCUT2D eigenvalue weighted by Crippen LogP contribution is -2.34. The van der Waals surface area contributed by atoms with Crippen LogP contribution in [0.25, 0.3) is 0 Å². The van der Waals surface area contributed by atoms with E-state index in [9.17, 15) is 9.90 Å². The minimum atomic E-state index is -0.387. The summed E-state index contributed by atoms with van der Waals surface area (Å²) in [5.74, 6) is 0.502. The van der Waals surface area contributed by atoms with Crippen molar-refractivity contribution in [1.29, 1.82) is 0 Å². The van der Waals surface area contributed by atoms with Crippen LogP contribution < -0.4 is 10.1 Å². The van der Waals surface area contributed by atoms with Crippen LogP contribution in [-0.2, 0) is 0 Å². The van der Waals surface area contributed by atoms with Crippen LogP contribution in [0.2, 0.25) is 0 Å². The number of rotatable bonds is 6. The Hall–Kier alpha value is -2.67. The fraction of sp³-hybridized carbons (Fsp3) is 0.389. The molecule has 0 radical (unpaired) electrons. The Morgan fingerprint density at radius 2 is 2.12 bits per heavy atom. The molecule has 0 fully saturated rings. The summed E-state index contributed by atoms with van der Waals surface area (Å²) in [6.45, 7) is 3.40. The van der Waals surface area contributed by atoms with Crippen LogP contribution >= 0.6 is 0 Å². The van der Waals surface area contributed by atoms with Crippen molar-refractivity contribution in [2.75, 3.05) is 25.0 Å². The van der Waals surface area contributed by atoms with Gasteiger partial charge in [-0.3, -0.25) is 4.79 Å². The molecule has 2 N–H and O–H groups in total. The number of fused-ring (bicyclic) bond motifs is 1. The lowest BCUT2D eigenvalue weighted by atomic mass is 10.1. The number of benzene rings is 1. The molecule has 2 aromatic rings. The summed E-state index contributed by atoms with van der Waals surface area (Å²) in [7, 11) is 0. The molecule has 1 aromatic carbocycles. The number of amides is 1. The molecule has 1 atom stereocenters. The largest absolute Gasteiger partial charge is 0.491 e. The van der Waals surface area contributed by atoms with Gasteiger partial charge in [0.2, 0.25) is 0 Å². The molecule has 1 aliphatic heterocycles. The number of carbonyl (C=O) groups is 1. The first-order valence-corrected chi connectivity index (χ1v) is 8.43. The number of hydrogen-bond acceptors (Lipinski definition) is 6. The summed E-state index contributed by atoms with van der Waals surface area (Å²) >= 11 is 0.